The van der Waals surface area contributed by atoms with Gasteiger partial charge in [-0.2, -0.15) is 0 Å². The predicted molar refractivity (Wildman–Crippen MR) is 111 cm³/mol. The fourth-order valence-electron chi connectivity index (χ4n) is 4.33. The van der Waals surface area contributed by atoms with E-state index in [-0.39, 0.29) is 5.91 Å². The normalized spacial score (nSPS) is 19.5. The lowest BCUT2D eigenvalue weighted by Gasteiger charge is -2.34. The van der Waals surface area contributed by atoms with Crippen molar-refractivity contribution >= 4 is 17.5 Å². The summed E-state index contributed by atoms with van der Waals surface area (Å²) >= 11 is 5.87. The summed E-state index contributed by atoms with van der Waals surface area (Å²) < 4.78 is 6.04. The van der Waals surface area contributed by atoms with Gasteiger partial charge in [0.15, 0.2) is 0 Å². The minimum Gasteiger partial charge on any atom is -0.445 e. The Kier molecular flexibility index (Phi) is 6.18. The van der Waals surface area contributed by atoms with Gasteiger partial charge in [0.2, 0.25) is 6.73 Å². The molecule has 1 amide bonds. The minimum absolute atomic E-state index is 0.0640. The van der Waals surface area contributed by atoms with Gasteiger partial charge in [0.1, 0.15) is 12.3 Å². The van der Waals surface area contributed by atoms with E-state index >= 15 is 0 Å². The molecule has 2 aromatic rings. The number of quaternary nitrogens is 1. The summed E-state index contributed by atoms with van der Waals surface area (Å²) in [7, 11) is 0. The summed E-state index contributed by atoms with van der Waals surface area (Å²) in [6.45, 7) is 2.44. The van der Waals surface area contributed by atoms with Crippen LogP contribution >= 0.6 is 11.6 Å². The van der Waals surface area contributed by atoms with Crippen LogP contribution in [0.5, 0.6) is 5.75 Å². The zero-order valence-corrected chi connectivity index (χ0v) is 16.9. The summed E-state index contributed by atoms with van der Waals surface area (Å²) in [4.78, 5) is 13.8. The first kappa shape index (κ1) is 19.3. The highest BCUT2D eigenvalue weighted by atomic mass is 35.5. The molecule has 0 radical (unpaired) electrons. The molecule has 1 fully saturated rings. The third-order valence-electron chi connectivity index (χ3n) is 5.94. The van der Waals surface area contributed by atoms with Gasteiger partial charge in [0.05, 0.1) is 6.04 Å². The Morgan fingerprint density at radius 3 is 2.68 bits per heavy atom. The highest BCUT2D eigenvalue weighted by Gasteiger charge is 2.29. The predicted octanol–water partition coefficient (Wildman–Crippen LogP) is 3.38. The first-order chi connectivity index (χ1) is 13.7. The third-order valence-corrected chi connectivity index (χ3v) is 6.20. The van der Waals surface area contributed by atoms with Crippen molar-refractivity contribution in [3.63, 3.8) is 0 Å². The van der Waals surface area contributed by atoms with Gasteiger partial charge >= 0.3 is 0 Å². The van der Waals surface area contributed by atoms with Crippen molar-refractivity contribution < 1.29 is 14.4 Å². The maximum absolute atomic E-state index is 12.2. The van der Waals surface area contributed by atoms with E-state index in [1.807, 2.05) is 0 Å². The van der Waals surface area contributed by atoms with Gasteiger partial charge in [-0.15, -0.1) is 0 Å². The molecule has 0 saturated heterocycles. The van der Waals surface area contributed by atoms with E-state index in [9.17, 15) is 4.79 Å². The van der Waals surface area contributed by atoms with Crippen LogP contribution in [-0.2, 0) is 13.0 Å². The summed E-state index contributed by atoms with van der Waals surface area (Å²) in [5.41, 5.74) is 3.17. The Hall–Kier alpha value is -2.04. The Morgan fingerprint density at radius 2 is 1.89 bits per heavy atom. The molecule has 5 heteroatoms. The van der Waals surface area contributed by atoms with E-state index < -0.39 is 0 Å². The molecule has 1 aliphatic heterocycles. The van der Waals surface area contributed by atoms with Crippen LogP contribution in [0.15, 0.2) is 42.5 Å². The molecule has 28 heavy (non-hydrogen) atoms. The Labute approximate surface area is 171 Å². The average Bonchev–Trinajstić information content (AvgIpc) is 2.74. The van der Waals surface area contributed by atoms with E-state index in [1.165, 1.54) is 43.2 Å². The highest BCUT2D eigenvalue weighted by Crippen LogP contribution is 2.23. The van der Waals surface area contributed by atoms with Crippen LogP contribution in [0.25, 0.3) is 0 Å². The van der Waals surface area contributed by atoms with E-state index in [2.05, 4.69) is 23.5 Å². The molecule has 0 bridgehead atoms. The molecular formula is C23H28ClN2O2+. The molecule has 1 aliphatic carbocycles. The molecule has 1 heterocycles. The van der Waals surface area contributed by atoms with Gasteiger partial charge in [-0.3, -0.25) is 9.69 Å². The summed E-state index contributed by atoms with van der Waals surface area (Å²) in [5.74, 6) is 0.958. The first-order valence-corrected chi connectivity index (χ1v) is 10.7. The number of amides is 1. The fraction of sp³-hybridized carbons (Fsp3) is 0.435. The van der Waals surface area contributed by atoms with Crippen LogP contribution < -0.4 is 15.0 Å². The molecule has 4 nitrogen and oxygen atoms in total. The van der Waals surface area contributed by atoms with Crippen LogP contribution in [0.2, 0.25) is 5.02 Å². The number of carbonyl (C=O) groups is 1. The van der Waals surface area contributed by atoms with E-state index in [4.69, 9.17) is 16.3 Å². The molecule has 1 unspecified atom stereocenters. The summed E-state index contributed by atoms with van der Waals surface area (Å²) in [6.07, 6.45) is 7.55. The lowest BCUT2D eigenvalue weighted by atomic mass is 9.93. The van der Waals surface area contributed by atoms with E-state index in [0.717, 1.165) is 31.5 Å². The molecule has 2 aromatic carbocycles. The lowest BCUT2D eigenvalue weighted by Crippen LogP contribution is -3.16. The van der Waals surface area contributed by atoms with Gasteiger partial charge in [-0.05, 0) is 74.1 Å². The Balaban J connectivity index is 1.32. The molecule has 1 saturated carbocycles. The quantitative estimate of drug-likeness (QED) is 0.809. The number of nitrogens with one attached hydrogen (secondary N) is 2. The zero-order valence-electron chi connectivity index (χ0n) is 16.2. The molecule has 4 rings (SSSR count). The number of halogens is 1. The van der Waals surface area contributed by atoms with Crippen molar-refractivity contribution in [2.24, 2.45) is 0 Å². The second-order valence-electron chi connectivity index (χ2n) is 7.91. The van der Waals surface area contributed by atoms with Gasteiger partial charge in [-0.1, -0.05) is 24.1 Å². The average molecular weight is 400 g/mol. The van der Waals surface area contributed by atoms with E-state index in [1.54, 1.807) is 29.2 Å². The van der Waals surface area contributed by atoms with Gasteiger partial charge in [0.25, 0.3) is 5.91 Å². The second-order valence-corrected chi connectivity index (χ2v) is 8.35. The second kappa shape index (κ2) is 8.97. The van der Waals surface area contributed by atoms with Crippen LogP contribution in [-0.4, -0.2) is 25.2 Å². The number of hydrogen-bond acceptors (Lipinski definition) is 2. The lowest BCUT2D eigenvalue weighted by molar-refractivity contribution is -0.957. The summed E-state index contributed by atoms with van der Waals surface area (Å²) in [5, 5.41) is 3.63. The zero-order chi connectivity index (χ0) is 19.3. The van der Waals surface area contributed by atoms with Crippen LogP contribution in [0.4, 0.5) is 0 Å². The summed E-state index contributed by atoms with van der Waals surface area (Å²) in [6, 6.07) is 14.2. The Bertz CT molecular complexity index is 816. The number of rotatable bonds is 5. The van der Waals surface area contributed by atoms with Crippen molar-refractivity contribution in [1.82, 2.24) is 5.32 Å². The SMILES string of the molecule is O=C(NCCc1ccc2c(c1)C[NH+](C1CCCCC1)CO2)c1ccc(Cl)cc1. The van der Waals surface area contributed by atoms with Gasteiger partial charge < -0.3 is 10.1 Å². The number of fused-ring (bicyclic) bond motifs is 1. The maximum Gasteiger partial charge on any atom is 0.251 e. The van der Waals surface area contributed by atoms with Crippen molar-refractivity contribution in [1.29, 1.82) is 0 Å². The Morgan fingerprint density at radius 1 is 1.11 bits per heavy atom. The number of ether oxygens (including phenoxy) is 1. The van der Waals surface area contributed by atoms with Gasteiger partial charge in [-0.25, -0.2) is 0 Å². The number of benzene rings is 2. The monoisotopic (exact) mass is 399 g/mol. The highest BCUT2D eigenvalue weighted by molar-refractivity contribution is 6.30. The third kappa shape index (κ3) is 4.68. The maximum atomic E-state index is 12.2. The fourth-order valence-corrected chi connectivity index (χ4v) is 4.46. The number of carbonyl (C=O) groups excluding carboxylic acids is 1. The van der Waals surface area contributed by atoms with Crippen molar-refractivity contribution in [3.8, 4) is 5.75 Å². The van der Waals surface area contributed by atoms with Crippen molar-refractivity contribution in [2.75, 3.05) is 13.3 Å². The van der Waals surface area contributed by atoms with Crippen LogP contribution in [0.3, 0.4) is 0 Å². The molecule has 148 valence electrons. The number of hydrogen-bond donors (Lipinski definition) is 2. The van der Waals surface area contributed by atoms with Crippen molar-refractivity contribution in [2.45, 2.75) is 51.1 Å². The molecule has 0 aromatic heterocycles. The largest absolute Gasteiger partial charge is 0.445 e. The van der Waals surface area contributed by atoms with Gasteiger partial charge in [0, 0.05) is 22.7 Å². The molecule has 0 spiro atoms. The standard InChI is InChI=1S/C23H27ClN2O2/c24-20-9-7-18(8-10-20)23(27)25-13-12-17-6-11-22-19(14-17)15-26(16-28-22)21-4-2-1-3-5-21/h6-11,14,21H,1-5,12-13,15-16H2,(H,25,27)/p+1. The molecule has 2 aliphatic rings. The van der Waals surface area contributed by atoms with Crippen LogP contribution in [0, 0.1) is 0 Å². The van der Waals surface area contributed by atoms with E-state index in [0.29, 0.717) is 17.1 Å². The minimum atomic E-state index is -0.0640. The molecule has 2 N–H and O–H groups in total. The van der Waals surface area contributed by atoms with Crippen molar-refractivity contribution in [3.05, 3.63) is 64.2 Å². The molecule has 1 atom stereocenters. The van der Waals surface area contributed by atoms with Crippen LogP contribution in [0.1, 0.15) is 53.6 Å². The topological polar surface area (TPSA) is 42.8 Å². The first-order valence-electron chi connectivity index (χ1n) is 10.3. The smallest absolute Gasteiger partial charge is 0.251 e. The molecular weight excluding hydrogens is 372 g/mol.